The Balaban J connectivity index is 1.39. The minimum Gasteiger partial charge on any atom is -0.489 e. The molecule has 0 spiro atoms. The fourth-order valence-corrected chi connectivity index (χ4v) is 3.12. The van der Waals surface area contributed by atoms with E-state index in [1.165, 1.54) is 0 Å². The summed E-state index contributed by atoms with van der Waals surface area (Å²) in [5.41, 5.74) is 2.17. The molecule has 1 fully saturated rings. The maximum Gasteiger partial charge on any atom is 0.234 e. The lowest BCUT2D eigenvalue weighted by Gasteiger charge is -2.28. The highest BCUT2D eigenvalue weighted by atomic mass is 16.5. The lowest BCUT2D eigenvalue weighted by atomic mass is 10.1. The van der Waals surface area contributed by atoms with Gasteiger partial charge in [-0.2, -0.15) is 4.98 Å². The van der Waals surface area contributed by atoms with E-state index in [0.717, 1.165) is 48.9 Å². The van der Waals surface area contributed by atoms with Gasteiger partial charge in [-0.3, -0.25) is 4.98 Å². The van der Waals surface area contributed by atoms with E-state index in [2.05, 4.69) is 32.3 Å². The van der Waals surface area contributed by atoms with Crippen LogP contribution in [0.4, 0.5) is 5.82 Å². The van der Waals surface area contributed by atoms with Crippen LogP contribution in [0.5, 0.6) is 11.6 Å². The number of hydrogen-bond donors (Lipinski definition) is 1. The summed E-state index contributed by atoms with van der Waals surface area (Å²) in [6.07, 6.45) is 3.45. The van der Waals surface area contributed by atoms with Crippen molar-refractivity contribution in [3.63, 3.8) is 0 Å². The minimum atomic E-state index is 0.425. The number of ether oxygens (including phenoxy) is 2. The highest BCUT2D eigenvalue weighted by Gasteiger charge is 2.13. The van der Waals surface area contributed by atoms with E-state index < -0.39 is 0 Å². The Morgan fingerprint density at radius 3 is 2.25 bits per heavy atom. The second-order valence-electron chi connectivity index (χ2n) is 6.61. The predicted octanol–water partition coefficient (Wildman–Crippen LogP) is 3.04. The van der Waals surface area contributed by atoms with E-state index in [9.17, 15) is 0 Å². The maximum absolute atomic E-state index is 5.94. The zero-order valence-corrected chi connectivity index (χ0v) is 15.8. The summed E-state index contributed by atoms with van der Waals surface area (Å²) < 4.78 is 11.8. The summed E-state index contributed by atoms with van der Waals surface area (Å²) in [6, 6.07) is 18.0. The summed E-state index contributed by atoms with van der Waals surface area (Å²) in [4.78, 5) is 11.1. The third-order valence-corrected chi connectivity index (χ3v) is 4.67. The van der Waals surface area contributed by atoms with Gasteiger partial charge in [-0.1, -0.05) is 42.5 Å². The molecule has 4 rings (SSSR count). The molecule has 28 heavy (non-hydrogen) atoms. The molecule has 144 valence electrons. The number of anilines is 1. The maximum atomic E-state index is 5.94. The molecule has 1 aliphatic heterocycles. The van der Waals surface area contributed by atoms with Gasteiger partial charge < -0.3 is 19.7 Å². The molecule has 2 heterocycles. The number of nitrogens with one attached hydrogen (secondary N) is 1. The highest BCUT2D eigenvalue weighted by molar-refractivity contribution is 5.38. The fraction of sp³-hybridized carbons (Fsp3) is 0.273. The van der Waals surface area contributed by atoms with Gasteiger partial charge in [-0.05, 0) is 23.3 Å². The number of aromatic nitrogens is 2. The Labute approximate surface area is 165 Å². The smallest absolute Gasteiger partial charge is 0.234 e. The van der Waals surface area contributed by atoms with Gasteiger partial charge in [-0.25, -0.2) is 0 Å². The van der Waals surface area contributed by atoms with Crippen LogP contribution in [0.3, 0.4) is 0 Å². The molecule has 0 atom stereocenters. The Morgan fingerprint density at radius 1 is 0.821 bits per heavy atom. The lowest BCUT2D eigenvalue weighted by Crippen LogP contribution is -2.43. The van der Waals surface area contributed by atoms with Gasteiger partial charge in [0.15, 0.2) is 5.82 Å². The molecule has 0 bridgehead atoms. The van der Waals surface area contributed by atoms with E-state index in [4.69, 9.17) is 9.47 Å². The van der Waals surface area contributed by atoms with Gasteiger partial charge in [0.2, 0.25) is 5.88 Å². The summed E-state index contributed by atoms with van der Waals surface area (Å²) in [7, 11) is 0. The van der Waals surface area contributed by atoms with Crippen molar-refractivity contribution in [3.05, 3.63) is 78.1 Å². The molecule has 1 N–H and O–H groups in total. The summed E-state index contributed by atoms with van der Waals surface area (Å²) >= 11 is 0. The van der Waals surface area contributed by atoms with Crippen molar-refractivity contribution in [2.45, 2.75) is 13.2 Å². The molecule has 2 aromatic carbocycles. The first-order chi connectivity index (χ1) is 13.9. The molecule has 6 nitrogen and oxygen atoms in total. The topological polar surface area (TPSA) is 59.5 Å². The first-order valence-corrected chi connectivity index (χ1v) is 9.53. The van der Waals surface area contributed by atoms with Crippen molar-refractivity contribution < 1.29 is 9.47 Å². The van der Waals surface area contributed by atoms with Crippen LogP contribution in [0.1, 0.15) is 11.1 Å². The zero-order valence-electron chi connectivity index (χ0n) is 15.8. The second-order valence-corrected chi connectivity index (χ2v) is 6.61. The monoisotopic (exact) mass is 376 g/mol. The number of piperazine rings is 1. The van der Waals surface area contributed by atoms with Gasteiger partial charge in [0, 0.05) is 26.2 Å². The zero-order chi connectivity index (χ0) is 19.0. The van der Waals surface area contributed by atoms with Crippen LogP contribution < -0.4 is 19.7 Å². The summed E-state index contributed by atoms with van der Waals surface area (Å²) in [5, 5.41) is 3.34. The predicted molar refractivity (Wildman–Crippen MR) is 109 cm³/mol. The third kappa shape index (κ3) is 4.78. The molecule has 1 aliphatic rings. The Kier molecular flexibility index (Phi) is 5.99. The van der Waals surface area contributed by atoms with Crippen molar-refractivity contribution in [1.29, 1.82) is 0 Å². The van der Waals surface area contributed by atoms with E-state index in [1.807, 2.05) is 42.5 Å². The molecule has 3 aromatic rings. The average Bonchev–Trinajstić information content (AvgIpc) is 2.78. The van der Waals surface area contributed by atoms with Gasteiger partial charge in [0.25, 0.3) is 0 Å². The molecule has 6 heteroatoms. The standard InChI is InChI=1S/C22H24N4O2/c1-2-8-20(9-3-1)27-16-18-6-4-5-7-19(18)17-28-22-15-24-14-21(25-22)26-12-10-23-11-13-26/h1-9,14-15,23H,10-13,16-17H2. The normalized spacial score (nSPS) is 13.9. The second kappa shape index (κ2) is 9.19. The molecule has 0 unspecified atom stereocenters. The minimum absolute atomic E-state index is 0.425. The summed E-state index contributed by atoms with van der Waals surface area (Å²) in [5.74, 6) is 2.25. The van der Waals surface area contributed by atoms with E-state index in [0.29, 0.717) is 19.1 Å². The average molecular weight is 376 g/mol. The Hall–Kier alpha value is -3.12. The van der Waals surface area contributed by atoms with Gasteiger partial charge in [0.1, 0.15) is 19.0 Å². The molecule has 0 aliphatic carbocycles. The third-order valence-electron chi connectivity index (χ3n) is 4.67. The number of hydrogen-bond acceptors (Lipinski definition) is 6. The van der Waals surface area contributed by atoms with Crippen LogP contribution in [-0.4, -0.2) is 36.1 Å². The van der Waals surface area contributed by atoms with Gasteiger partial charge >= 0.3 is 0 Å². The summed E-state index contributed by atoms with van der Waals surface area (Å²) in [6.45, 7) is 4.70. The highest BCUT2D eigenvalue weighted by Crippen LogP contribution is 2.18. The van der Waals surface area contributed by atoms with Crippen LogP contribution in [0.15, 0.2) is 67.0 Å². The van der Waals surface area contributed by atoms with Crippen molar-refractivity contribution in [2.75, 3.05) is 31.1 Å². The van der Waals surface area contributed by atoms with Crippen LogP contribution in [0.2, 0.25) is 0 Å². The quantitative estimate of drug-likeness (QED) is 0.684. The molecular weight excluding hydrogens is 352 g/mol. The van der Waals surface area contributed by atoms with Crippen LogP contribution >= 0.6 is 0 Å². The molecule has 1 saturated heterocycles. The van der Waals surface area contributed by atoms with Crippen molar-refractivity contribution in [2.24, 2.45) is 0 Å². The van der Waals surface area contributed by atoms with Crippen LogP contribution in [0, 0.1) is 0 Å². The Bertz CT molecular complexity index is 882. The van der Waals surface area contributed by atoms with Crippen molar-refractivity contribution in [3.8, 4) is 11.6 Å². The fourth-order valence-electron chi connectivity index (χ4n) is 3.12. The number of benzene rings is 2. The first kappa shape index (κ1) is 18.3. The molecule has 0 radical (unpaired) electrons. The largest absolute Gasteiger partial charge is 0.489 e. The molecule has 0 saturated carbocycles. The number of para-hydroxylation sites is 1. The van der Waals surface area contributed by atoms with Crippen molar-refractivity contribution >= 4 is 5.82 Å². The van der Waals surface area contributed by atoms with E-state index >= 15 is 0 Å². The molecular formula is C22H24N4O2. The van der Waals surface area contributed by atoms with Gasteiger partial charge in [-0.15, -0.1) is 0 Å². The lowest BCUT2D eigenvalue weighted by molar-refractivity contribution is 0.278. The first-order valence-electron chi connectivity index (χ1n) is 9.53. The van der Waals surface area contributed by atoms with Crippen molar-refractivity contribution in [1.82, 2.24) is 15.3 Å². The SMILES string of the molecule is c1ccc(OCc2ccccc2COc2cncc(N3CCNCC3)n2)cc1. The van der Waals surface area contributed by atoms with Gasteiger partial charge in [0.05, 0.1) is 12.4 Å². The van der Waals surface area contributed by atoms with Crippen LogP contribution in [0.25, 0.3) is 0 Å². The number of rotatable bonds is 7. The Morgan fingerprint density at radius 2 is 1.50 bits per heavy atom. The number of nitrogens with zero attached hydrogens (tertiary/aromatic N) is 3. The van der Waals surface area contributed by atoms with E-state index in [1.54, 1.807) is 12.4 Å². The molecule has 1 aromatic heterocycles. The van der Waals surface area contributed by atoms with Crippen LogP contribution in [-0.2, 0) is 13.2 Å². The molecule has 0 amide bonds. The van der Waals surface area contributed by atoms with E-state index in [-0.39, 0.29) is 0 Å².